The van der Waals surface area contributed by atoms with Crippen LogP contribution in [0.25, 0.3) is 0 Å². The van der Waals surface area contributed by atoms with Gasteiger partial charge in [-0.1, -0.05) is 36.4 Å². The first-order chi connectivity index (χ1) is 10.4. The number of hydrogen-bond acceptors (Lipinski definition) is 2. The Morgan fingerprint density at radius 1 is 1.05 bits per heavy atom. The summed E-state index contributed by atoms with van der Waals surface area (Å²) >= 11 is 0. The van der Waals surface area contributed by atoms with Crippen molar-refractivity contribution in [1.29, 1.82) is 0 Å². The van der Waals surface area contributed by atoms with Crippen molar-refractivity contribution in [2.45, 2.75) is 32.2 Å². The van der Waals surface area contributed by atoms with E-state index in [2.05, 4.69) is 35.6 Å². The van der Waals surface area contributed by atoms with Crippen LogP contribution >= 0.6 is 0 Å². The molecule has 1 aliphatic carbocycles. The summed E-state index contributed by atoms with van der Waals surface area (Å²) in [4.78, 5) is 0. The molecule has 1 N–H and O–H groups in total. The summed E-state index contributed by atoms with van der Waals surface area (Å²) in [5.74, 6) is 0.983. The van der Waals surface area contributed by atoms with Crippen LogP contribution in [0.4, 0.5) is 0 Å². The molecule has 2 heteroatoms. The predicted octanol–water partition coefficient (Wildman–Crippen LogP) is 3.52. The van der Waals surface area contributed by atoms with Crippen LogP contribution in [0.3, 0.4) is 0 Å². The maximum Gasteiger partial charge on any atom is 0.122 e. The summed E-state index contributed by atoms with van der Waals surface area (Å²) in [5, 5.41) is 3.54. The van der Waals surface area contributed by atoms with Crippen LogP contribution < -0.4 is 10.1 Å². The Balaban J connectivity index is 1.50. The van der Waals surface area contributed by atoms with Gasteiger partial charge in [-0.2, -0.15) is 0 Å². The molecule has 0 fully saturated rings. The number of hydrogen-bond donors (Lipinski definition) is 1. The minimum absolute atomic E-state index is 0.947. The quantitative estimate of drug-likeness (QED) is 0.818. The molecule has 0 bridgehead atoms. The summed E-state index contributed by atoms with van der Waals surface area (Å²) in [6.45, 7) is 1.92. The molecule has 110 valence electrons. The lowest BCUT2D eigenvalue weighted by Crippen LogP contribution is -2.17. The third-order valence-corrected chi connectivity index (χ3v) is 4.26. The van der Waals surface area contributed by atoms with Gasteiger partial charge in [-0.05, 0) is 60.5 Å². The van der Waals surface area contributed by atoms with Gasteiger partial charge < -0.3 is 10.1 Å². The SMILES string of the molecule is COc1ccccc1CCNCc1ccc2c(c1)CCC2. The van der Waals surface area contributed by atoms with E-state index in [9.17, 15) is 0 Å². The second kappa shape index (κ2) is 6.77. The van der Waals surface area contributed by atoms with E-state index >= 15 is 0 Å². The first-order valence-corrected chi connectivity index (χ1v) is 7.80. The number of para-hydroxylation sites is 1. The maximum absolute atomic E-state index is 5.38. The molecule has 3 rings (SSSR count). The van der Waals surface area contributed by atoms with E-state index < -0.39 is 0 Å². The van der Waals surface area contributed by atoms with Gasteiger partial charge in [-0.25, -0.2) is 0 Å². The minimum atomic E-state index is 0.947. The zero-order valence-corrected chi connectivity index (χ0v) is 12.7. The molecule has 0 spiro atoms. The molecule has 0 atom stereocenters. The van der Waals surface area contributed by atoms with Crippen LogP contribution in [-0.2, 0) is 25.8 Å². The Kier molecular flexibility index (Phi) is 4.56. The fraction of sp³-hybridized carbons (Fsp3) is 0.368. The molecule has 2 aromatic rings. The average Bonchev–Trinajstić information content (AvgIpc) is 2.99. The van der Waals surface area contributed by atoms with Gasteiger partial charge in [0.2, 0.25) is 0 Å². The van der Waals surface area contributed by atoms with Gasteiger partial charge in [0.15, 0.2) is 0 Å². The molecule has 21 heavy (non-hydrogen) atoms. The second-order valence-corrected chi connectivity index (χ2v) is 5.70. The molecule has 0 amide bonds. The van der Waals surface area contributed by atoms with Crippen LogP contribution in [-0.4, -0.2) is 13.7 Å². The average molecular weight is 281 g/mol. The minimum Gasteiger partial charge on any atom is -0.496 e. The molecule has 0 unspecified atom stereocenters. The Hall–Kier alpha value is -1.80. The van der Waals surface area contributed by atoms with E-state index in [0.717, 1.165) is 25.3 Å². The normalized spacial score (nSPS) is 13.2. The Morgan fingerprint density at radius 2 is 1.90 bits per heavy atom. The zero-order valence-electron chi connectivity index (χ0n) is 12.7. The number of ether oxygens (including phenoxy) is 1. The second-order valence-electron chi connectivity index (χ2n) is 5.70. The number of nitrogens with one attached hydrogen (secondary N) is 1. The lowest BCUT2D eigenvalue weighted by Gasteiger charge is -2.10. The molecule has 2 aromatic carbocycles. The van der Waals surface area contributed by atoms with Gasteiger partial charge in [0, 0.05) is 6.54 Å². The monoisotopic (exact) mass is 281 g/mol. The molecule has 0 saturated heterocycles. The molecule has 1 aliphatic rings. The Bertz CT molecular complexity index is 606. The number of benzene rings is 2. The van der Waals surface area contributed by atoms with Crippen LogP contribution in [0.1, 0.15) is 28.7 Å². The van der Waals surface area contributed by atoms with Crippen molar-refractivity contribution < 1.29 is 4.74 Å². The van der Waals surface area contributed by atoms with Crippen molar-refractivity contribution in [3.63, 3.8) is 0 Å². The van der Waals surface area contributed by atoms with Crippen LogP contribution in [0.15, 0.2) is 42.5 Å². The standard InChI is InChI=1S/C19H23NO/c1-21-19-8-3-2-5-17(19)11-12-20-14-15-9-10-16-6-4-7-18(16)13-15/h2-3,5,8-10,13,20H,4,6-7,11-12,14H2,1H3. The largest absolute Gasteiger partial charge is 0.496 e. The van der Waals surface area contributed by atoms with Gasteiger partial charge in [0.1, 0.15) is 5.75 Å². The van der Waals surface area contributed by atoms with Crippen molar-refractivity contribution in [1.82, 2.24) is 5.32 Å². The maximum atomic E-state index is 5.38. The molecule has 2 nitrogen and oxygen atoms in total. The van der Waals surface area contributed by atoms with Crippen molar-refractivity contribution in [3.05, 3.63) is 64.7 Å². The molecule has 0 aromatic heterocycles. The third kappa shape index (κ3) is 3.45. The fourth-order valence-electron chi connectivity index (χ4n) is 3.10. The highest BCUT2D eigenvalue weighted by Crippen LogP contribution is 2.22. The first kappa shape index (κ1) is 14.2. The van der Waals surface area contributed by atoms with Crippen molar-refractivity contribution in [2.24, 2.45) is 0 Å². The number of fused-ring (bicyclic) bond motifs is 1. The van der Waals surface area contributed by atoms with Gasteiger partial charge in [0.25, 0.3) is 0 Å². The lowest BCUT2D eigenvalue weighted by molar-refractivity contribution is 0.409. The summed E-state index contributed by atoms with van der Waals surface area (Å²) < 4.78 is 5.38. The third-order valence-electron chi connectivity index (χ3n) is 4.26. The summed E-state index contributed by atoms with van der Waals surface area (Å²) in [7, 11) is 1.73. The van der Waals surface area contributed by atoms with E-state index in [1.54, 1.807) is 18.2 Å². The molecular formula is C19H23NO. The van der Waals surface area contributed by atoms with Crippen molar-refractivity contribution >= 4 is 0 Å². The van der Waals surface area contributed by atoms with Gasteiger partial charge in [-0.3, -0.25) is 0 Å². The van der Waals surface area contributed by atoms with E-state index in [-0.39, 0.29) is 0 Å². The van der Waals surface area contributed by atoms with Gasteiger partial charge in [-0.15, -0.1) is 0 Å². The predicted molar refractivity (Wildman–Crippen MR) is 86.9 cm³/mol. The van der Waals surface area contributed by atoms with E-state index in [1.807, 2.05) is 12.1 Å². The molecule has 0 saturated carbocycles. The molecule has 0 aliphatic heterocycles. The van der Waals surface area contributed by atoms with Gasteiger partial charge >= 0.3 is 0 Å². The Morgan fingerprint density at radius 3 is 2.81 bits per heavy atom. The van der Waals surface area contributed by atoms with Gasteiger partial charge in [0.05, 0.1) is 7.11 Å². The summed E-state index contributed by atoms with van der Waals surface area (Å²) in [5.41, 5.74) is 5.77. The van der Waals surface area contributed by atoms with Crippen LogP contribution in [0.2, 0.25) is 0 Å². The fourth-order valence-corrected chi connectivity index (χ4v) is 3.10. The summed E-state index contributed by atoms with van der Waals surface area (Å²) in [6.07, 6.45) is 4.83. The highest BCUT2D eigenvalue weighted by atomic mass is 16.5. The van der Waals surface area contributed by atoms with Crippen molar-refractivity contribution in [2.75, 3.05) is 13.7 Å². The highest BCUT2D eigenvalue weighted by Gasteiger charge is 2.10. The highest BCUT2D eigenvalue weighted by molar-refractivity contribution is 5.35. The zero-order chi connectivity index (χ0) is 14.5. The van der Waals surface area contributed by atoms with E-state index in [0.29, 0.717) is 0 Å². The smallest absolute Gasteiger partial charge is 0.122 e. The first-order valence-electron chi connectivity index (χ1n) is 7.80. The molecular weight excluding hydrogens is 258 g/mol. The molecule has 0 heterocycles. The lowest BCUT2D eigenvalue weighted by atomic mass is 10.1. The number of methoxy groups -OCH3 is 1. The Labute approximate surface area is 127 Å². The van der Waals surface area contributed by atoms with E-state index in [1.165, 1.54) is 30.4 Å². The van der Waals surface area contributed by atoms with Crippen LogP contribution in [0.5, 0.6) is 5.75 Å². The number of rotatable bonds is 6. The van der Waals surface area contributed by atoms with Crippen LogP contribution in [0, 0.1) is 0 Å². The van der Waals surface area contributed by atoms with Crippen molar-refractivity contribution in [3.8, 4) is 5.75 Å². The number of aryl methyl sites for hydroxylation is 2. The van der Waals surface area contributed by atoms with E-state index in [4.69, 9.17) is 4.74 Å². The molecule has 0 radical (unpaired) electrons. The topological polar surface area (TPSA) is 21.3 Å². The summed E-state index contributed by atoms with van der Waals surface area (Å²) in [6, 6.07) is 15.2.